The molecule has 0 nitrogen and oxygen atoms in total. The zero-order chi connectivity index (χ0) is 8.41. The predicted octanol–water partition coefficient (Wildman–Crippen LogP) is 2.69. The summed E-state index contributed by atoms with van der Waals surface area (Å²) >= 11 is 5.16. The monoisotopic (exact) mass is 178 g/mol. The van der Waals surface area contributed by atoms with Crippen molar-refractivity contribution in [3.05, 3.63) is 13.2 Å². The maximum absolute atomic E-state index is 5.16. The molecule has 0 saturated carbocycles. The van der Waals surface area contributed by atoms with Crippen molar-refractivity contribution in [3.63, 3.8) is 0 Å². The molecular weight excluding hydrogens is 160 g/mol. The van der Waals surface area contributed by atoms with Gasteiger partial charge in [-0.05, 0) is 24.3 Å². The Bertz CT molecular complexity index is 71.3. The van der Waals surface area contributed by atoms with Crippen LogP contribution in [0.2, 0.25) is 0 Å². The first kappa shape index (κ1) is 12.9. The Morgan fingerprint density at radius 2 is 1.40 bits per heavy atom. The van der Waals surface area contributed by atoms with Gasteiger partial charge >= 0.3 is 0 Å². The molecule has 0 heterocycles. The van der Waals surface area contributed by atoms with Crippen LogP contribution in [0.1, 0.15) is 26.7 Å². The largest absolute Gasteiger partial charge is 0.122 e. The third kappa shape index (κ3) is 11.2. The van der Waals surface area contributed by atoms with Crippen LogP contribution in [0.3, 0.4) is 0 Å². The van der Waals surface area contributed by atoms with E-state index < -0.39 is 0 Å². The fourth-order valence-corrected chi connectivity index (χ4v) is 2.67. The standard InChI is InChI=1S/C6H14S2.C2H4/c1-3-5-8(7)6-4-2;1-2/h3-6H2,1-2H3;1-2H2. The van der Waals surface area contributed by atoms with Crippen LogP contribution in [0.25, 0.3) is 0 Å². The van der Waals surface area contributed by atoms with E-state index in [1.807, 2.05) is 0 Å². The lowest BCUT2D eigenvalue weighted by Crippen LogP contribution is -1.97. The summed E-state index contributed by atoms with van der Waals surface area (Å²) in [4.78, 5) is 0. The van der Waals surface area contributed by atoms with Gasteiger partial charge in [0.15, 0.2) is 0 Å². The Labute approximate surface area is 72.3 Å². The van der Waals surface area contributed by atoms with E-state index in [9.17, 15) is 0 Å². The molecule has 0 spiro atoms. The summed E-state index contributed by atoms with van der Waals surface area (Å²) in [5.41, 5.74) is 0. The molecule has 0 amide bonds. The summed E-state index contributed by atoms with van der Waals surface area (Å²) in [6.07, 6.45) is 2.51. The van der Waals surface area contributed by atoms with Crippen molar-refractivity contribution >= 4 is 20.6 Å². The van der Waals surface area contributed by atoms with Crippen LogP contribution >= 0.6 is 0 Å². The molecule has 0 saturated heterocycles. The van der Waals surface area contributed by atoms with Crippen LogP contribution in [0.15, 0.2) is 13.2 Å². The molecule has 0 aromatic carbocycles. The van der Waals surface area contributed by atoms with Crippen LogP contribution in [-0.2, 0) is 20.6 Å². The van der Waals surface area contributed by atoms with Crippen molar-refractivity contribution in [2.24, 2.45) is 0 Å². The Kier molecular flexibility index (Phi) is 15.6. The second kappa shape index (κ2) is 12.0. The van der Waals surface area contributed by atoms with Crippen molar-refractivity contribution in [1.29, 1.82) is 0 Å². The van der Waals surface area contributed by atoms with Gasteiger partial charge in [0.25, 0.3) is 0 Å². The van der Waals surface area contributed by atoms with Gasteiger partial charge in [-0.25, -0.2) is 0 Å². The molecule has 0 radical (unpaired) electrons. The lowest BCUT2D eigenvalue weighted by Gasteiger charge is -1.97. The van der Waals surface area contributed by atoms with E-state index in [0.29, 0.717) is 9.45 Å². The number of hydrogen-bond donors (Lipinski definition) is 0. The van der Waals surface area contributed by atoms with E-state index in [2.05, 4.69) is 27.0 Å². The highest BCUT2D eigenvalue weighted by Crippen LogP contribution is 1.89. The van der Waals surface area contributed by atoms with Crippen LogP contribution in [0, 0.1) is 0 Å². The second-order valence-corrected chi connectivity index (χ2v) is 4.96. The first-order chi connectivity index (χ1) is 4.81. The summed E-state index contributed by atoms with van der Waals surface area (Å²) in [7, 11) is 0.313. The first-order valence-electron chi connectivity index (χ1n) is 3.66. The molecule has 0 aliphatic carbocycles. The minimum Gasteiger partial charge on any atom is -0.122 e. The second-order valence-electron chi connectivity index (χ2n) is 1.85. The summed E-state index contributed by atoms with van der Waals surface area (Å²) in [5.74, 6) is 2.51. The molecule has 0 atom stereocenters. The van der Waals surface area contributed by atoms with E-state index in [1.54, 1.807) is 0 Å². The van der Waals surface area contributed by atoms with Gasteiger partial charge in [0, 0.05) is 0 Å². The average Bonchev–Trinajstić information content (AvgIpc) is 1.93. The molecule has 0 rings (SSSR count). The molecule has 0 bridgehead atoms. The Balaban J connectivity index is 0. The highest BCUT2D eigenvalue weighted by atomic mass is 32.8. The molecule has 0 aromatic rings. The van der Waals surface area contributed by atoms with Crippen molar-refractivity contribution in [1.82, 2.24) is 0 Å². The maximum Gasteiger partial charge on any atom is -0.00235 e. The number of rotatable bonds is 4. The van der Waals surface area contributed by atoms with Gasteiger partial charge in [0.05, 0.1) is 0 Å². The molecular formula is C8H18S2. The normalized spacial score (nSPS) is 8.70. The maximum atomic E-state index is 5.16. The van der Waals surface area contributed by atoms with Gasteiger partial charge < -0.3 is 0 Å². The minimum atomic E-state index is 0.313. The summed E-state index contributed by atoms with van der Waals surface area (Å²) in [6.45, 7) is 10.4. The summed E-state index contributed by atoms with van der Waals surface area (Å²) < 4.78 is 0. The lowest BCUT2D eigenvalue weighted by molar-refractivity contribution is 1.07. The molecule has 0 fully saturated rings. The molecule has 0 N–H and O–H groups in total. The zero-order valence-corrected chi connectivity index (χ0v) is 8.69. The van der Waals surface area contributed by atoms with Gasteiger partial charge in [-0.1, -0.05) is 25.0 Å². The van der Waals surface area contributed by atoms with Gasteiger partial charge in [0.1, 0.15) is 0 Å². The predicted molar refractivity (Wildman–Crippen MR) is 56.3 cm³/mol. The van der Waals surface area contributed by atoms with Gasteiger partial charge in [-0.15, -0.1) is 22.6 Å². The molecule has 62 valence electrons. The van der Waals surface area contributed by atoms with Crippen LogP contribution in [-0.4, -0.2) is 11.5 Å². The first-order valence-corrected chi connectivity index (χ1v) is 6.15. The van der Waals surface area contributed by atoms with Crippen LogP contribution < -0.4 is 0 Å². The topological polar surface area (TPSA) is 0 Å². The Morgan fingerprint density at radius 1 is 1.10 bits per heavy atom. The Morgan fingerprint density at radius 3 is 1.60 bits per heavy atom. The van der Waals surface area contributed by atoms with Crippen LogP contribution in [0.4, 0.5) is 0 Å². The molecule has 0 unspecified atom stereocenters. The van der Waals surface area contributed by atoms with E-state index in [1.165, 1.54) is 24.3 Å². The van der Waals surface area contributed by atoms with Gasteiger partial charge in [-0.2, -0.15) is 0 Å². The molecule has 0 aliphatic heterocycles. The summed E-state index contributed by atoms with van der Waals surface area (Å²) in [5, 5.41) is 0. The van der Waals surface area contributed by atoms with E-state index in [-0.39, 0.29) is 0 Å². The lowest BCUT2D eigenvalue weighted by atomic mass is 10.6. The van der Waals surface area contributed by atoms with E-state index in [0.717, 1.165) is 0 Å². The van der Waals surface area contributed by atoms with Crippen molar-refractivity contribution < 1.29 is 0 Å². The third-order valence-corrected chi connectivity index (χ3v) is 3.59. The van der Waals surface area contributed by atoms with Crippen molar-refractivity contribution in [3.8, 4) is 0 Å². The zero-order valence-electron chi connectivity index (χ0n) is 7.06. The average molecular weight is 178 g/mol. The molecule has 0 aliphatic rings. The van der Waals surface area contributed by atoms with Crippen molar-refractivity contribution in [2.75, 3.05) is 11.5 Å². The van der Waals surface area contributed by atoms with E-state index >= 15 is 0 Å². The Hall–Kier alpha value is 0.310. The molecule has 0 aromatic heterocycles. The minimum absolute atomic E-state index is 0.313. The fraction of sp³-hybridized carbons (Fsp3) is 0.750. The van der Waals surface area contributed by atoms with Gasteiger partial charge in [-0.3, -0.25) is 0 Å². The third-order valence-electron chi connectivity index (χ3n) is 0.864. The SMILES string of the molecule is C=C.CCCS(=S)CCC. The summed E-state index contributed by atoms with van der Waals surface area (Å²) in [6, 6.07) is 0. The van der Waals surface area contributed by atoms with Gasteiger partial charge in [0.2, 0.25) is 0 Å². The molecule has 2 heteroatoms. The highest BCUT2D eigenvalue weighted by molar-refractivity contribution is 8.28. The quantitative estimate of drug-likeness (QED) is 0.597. The smallest absolute Gasteiger partial charge is 0.00235 e. The number of hydrogen-bond acceptors (Lipinski definition) is 1. The van der Waals surface area contributed by atoms with E-state index in [4.69, 9.17) is 11.2 Å². The molecule has 10 heavy (non-hydrogen) atoms. The fourth-order valence-electron chi connectivity index (χ4n) is 0.557. The van der Waals surface area contributed by atoms with Crippen LogP contribution in [0.5, 0.6) is 0 Å². The highest BCUT2D eigenvalue weighted by Gasteiger charge is 1.87. The van der Waals surface area contributed by atoms with Crippen molar-refractivity contribution in [2.45, 2.75) is 26.7 Å².